The lowest BCUT2D eigenvalue weighted by molar-refractivity contribution is 0.489. The first-order valence-electron chi connectivity index (χ1n) is 6.32. The van der Waals surface area contributed by atoms with Crippen LogP contribution < -0.4 is 5.73 Å². The van der Waals surface area contributed by atoms with E-state index in [0.717, 1.165) is 28.5 Å². The molecule has 0 saturated heterocycles. The molecule has 0 unspecified atom stereocenters. The minimum Gasteiger partial charge on any atom is -0.431 e. The number of nitrogens with two attached hydrogens (primary N) is 1. The van der Waals surface area contributed by atoms with Crippen molar-refractivity contribution in [1.82, 2.24) is 15.0 Å². The summed E-state index contributed by atoms with van der Waals surface area (Å²) in [6, 6.07) is 7.39. The highest BCUT2D eigenvalue weighted by Gasteiger charge is 2.10. The lowest BCUT2D eigenvalue weighted by atomic mass is 10.3. The van der Waals surface area contributed by atoms with Gasteiger partial charge in [0, 0.05) is 17.4 Å². The maximum Gasteiger partial charge on any atom is 0.263 e. The van der Waals surface area contributed by atoms with E-state index in [9.17, 15) is 0 Å². The molecule has 0 aliphatic heterocycles. The second-order valence-corrected chi connectivity index (χ2v) is 5.38. The van der Waals surface area contributed by atoms with Crippen molar-refractivity contribution in [2.24, 2.45) is 0 Å². The van der Waals surface area contributed by atoms with Crippen LogP contribution in [-0.2, 0) is 6.42 Å². The summed E-state index contributed by atoms with van der Waals surface area (Å²) < 4.78 is 5.68. The number of aryl methyl sites for hydroxylation is 2. The quantitative estimate of drug-likeness (QED) is 0.588. The highest BCUT2D eigenvalue weighted by molar-refractivity contribution is 7.99. The van der Waals surface area contributed by atoms with Crippen LogP contribution in [0.3, 0.4) is 0 Å². The SMILES string of the molecule is CCc1cc(Sc2nc3ccc(N)cc3o2)nc(C)n1. The molecule has 0 amide bonds. The van der Waals surface area contributed by atoms with Crippen LogP contribution in [0.2, 0.25) is 0 Å². The van der Waals surface area contributed by atoms with Gasteiger partial charge in [0.15, 0.2) is 5.58 Å². The zero-order valence-corrected chi connectivity index (χ0v) is 12.1. The molecule has 0 fully saturated rings. The van der Waals surface area contributed by atoms with Crippen LogP contribution in [0, 0.1) is 6.92 Å². The third-order valence-electron chi connectivity index (χ3n) is 2.81. The van der Waals surface area contributed by atoms with Crippen molar-refractivity contribution < 1.29 is 4.42 Å². The largest absolute Gasteiger partial charge is 0.431 e. The number of anilines is 1. The van der Waals surface area contributed by atoms with E-state index < -0.39 is 0 Å². The van der Waals surface area contributed by atoms with Crippen LogP contribution in [0.5, 0.6) is 0 Å². The Bertz CT molecular complexity index is 769. The summed E-state index contributed by atoms with van der Waals surface area (Å²) >= 11 is 1.39. The second kappa shape index (κ2) is 5.13. The van der Waals surface area contributed by atoms with Crippen molar-refractivity contribution in [3.8, 4) is 0 Å². The Labute approximate surface area is 120 Å². The van der Waals surface area contributed by atoms with E-state index in [0.29, 0.717) is 16.5 Å². The number of fused-ring (bicyclic) bond motifs is 1. The van der Waals surface area contributed by atoms with E-state index in [4.69, 9.17) is 10.2 Å². The Morgan fingerprint density at radius 1 is 1.20 bits per heavy atom. The Hall–Kier alpha value is -2.08. The van der Waals surface area contributed by atoms with Crippen LogP contribution >= 0.6 is 11.8 Å². The Morgan fingerprint density at radius 3 is 2.85 bits per heavy atom. The number of aromatic nitrogens is 3. The van der Waals surface area contributed by atoms with Crippen molar-refractivity contribution >= 4 is 28.5 Å². The summed E-state index contributed by atoms with van der Waals surface area (Å²) in [6.07, 6.45) is 0.876. The lowest BCUT2D eigenvalue weighted by Crippen LogP contribution is -1.95. The van der Waals surface area contributed by atoms with E-state index in [-0.39, 0.29) is 0 Å². The molecule has 0 atom stereocenters. The first kappa shape index (κ1) is 12.9. The van der Waals surface area contributed by atoms with Crippen molar-refractivity contribution in [2.45, 2.75) is 30.5 Å². The van der Waals surface area contributed by atoms with Crippen LogP contribution in [0.4, 0.5) is 5.69 Å². The zero-order chi connectivity index (χ0) is 14.1. The molecule has 0 saturated carbocycles. The zero-order valence-electron chi connectivity index (χ0n) is 11.3. The number of nitrogens with zero attached hydrogens (tertiary/aromatic N) is 3. The summed E-state index contributed by atoms with van der Waals surface area (Å²) in [5.41, 5.74) is 8.89. The van der Waals surface area contributed by atoms with Crippen molar-refractivity contribution in [1.29, 1.82) is 0 Å². The number of nitrogen functional groups attached to an aromatic ring is 1. The van der Waals surface area contributed by atoms with Gasteiger partial charge < -0.3 is 10.2 Å². The van der Waals surface area contributed by atoms with Gasteiger partial charge in [-0.05, 0) is 43.3 Å². The standard InChI is InChI=1S/C14H14N4OS/c1-3-10-7-13(17-8(2)16-10)20-14-18-11-5-4-9(15)6-12(11)19-14/h4-7H,3,15H2,1-2H3. The van der Waals surface area contributed by atoms with Gasteiger partial charge >= 0.3 is 0 Å². The summed E-state index contributed by atoms with van der Waals surface area (Å²) in [5, 5.41) is 1.40. The van der Waals surface area contributed by atoms with Crippen LogP contribution in [0.1, 0.15) is 18.4 Å². The van der Waals surface area contributed by atoms with E-state index in [2.05, 4.69) is 21.9 Å². The van der Waals surface area contributed by atoms with Gasteiger partial charge in [0.2, 0.25) is 0 Å². The molecule has 0 spiro atoms. The van der Waals surface area contributed by atoms with Gasteiger partial charge in [0.1, 0.15) is 16.4 Å². The minimum absolute atomic E-state index is 0.561. The van der Waals surface area contributed by atoms with Crippen molar-refractivity contribution in [3.63, 3.8) is 0 Å². The first-order valence-corrected chi connectivity index (χ1v) is 7.14. The second-order valence-electron chi connectivity index (χ2n) is 4.41. The molecule has 2 aromatic heterocycles. The average molecular weight is 286 g/mol. The van der Waals surface area contributed by atoms with Gasteiger partial charge in [0.25, 0.3) is 5.22 Å². The number of oxazole rings is 1. The maximum absolute atomic E-state index is 5.73. The molecule has 20 heavy (non-hydrogen) atoms. The van der Waals surface area contributed by atoms with Crippen LogP contribution in [0.25, 0.3) is 11.1 Å². The number of hydrogen-bond acceptors (Lipinski definition) is 6. The minimum atomic E-state index is 0.561. The van der Waals surface area contributed by atoms with Gasteiger partial charge in [-0.25, -0.2) is 15.0 Å². The normalized spacial score (nSPS) is 11.1. The van der Waals surface area contributed by atoms with Crippen molar-refractivity contribution in [2.75, 3.05) is 5.73 Å². The third-order valence-corrected chi connectivity index (χ3v) is 3.58. The predicted octanol–water partition coefficient (Wildman–Crippen LogP) is 3.22. The molecule has 2 N–H and O–H groups in total. The fourth-order valence-corrected chi connectivity index (χ4v) is 2.71. The molecule has 0 aliphatic carbocycles. The molecule has 2 heterocycles. The van der Waals surface area contributed by atoms with Crippen LogP contribution in [-0.4, -0.2) is 15.0 Å². The molecule has 5 nitrogen and oxygen atoms in total. The van der Waals surface area contributed by atoms with Crippen molar-refractivity contribution in [3.05, 3.63) is 35.8 Å². The predicted molar refractivity (Wildman–Crippen MR) is 78.7 cm³/mol. The van der Waals surface area contributed by atoms with Gasteiger partial charge in [-0.3, -0.25) is 0 Å². The van der Waals surface area contributed by atoms with Crippen LogP contribution in [0.15, 0.2) is 38.9 Å². The topological polar surface area (TPSA) is 77.8 Å². The molecule has 3 rings (SSSR count). The molecular formula is C14H14N4OS. The Balaban J connectivity index is 1.94. The summed E-state index contributed by atoms with van der Waals surface area (Å²) in [7, 11) is 0. The summed E-state index contributed by atoms with van der Waals surface area (Å²) in [5.74, 6) is 0.757. The average Bonchev–Trinajstić information content (AvgIpc) is 2.79. The Kier molecular flexibility index (Phi) is 3.31. The molecule has 0 bridgehead atoms. The van der Waals surface area contributed by atoms with E-state index in [1.54, 1.807) is 6.07 Å². The monoisotopic (exact) mass is 286 g/mol. The number of benzene rings is 1. The number of hydrogen-bond donors (Lipinski definition) is 1. The molecule has 0 aliphatic rings. The maximum atomic E-state index is 5.73. The molecule has 102 valence electrons. The number of rotatable bonds is 3. The fraction of sp³-hybridized carbons (Fsp3) is 0.214. The Morgan fingerprint density at radius 2 is 2.05 bits per heavy atom. The summed E-state index contributed by atoms with van der Waals surface area (Å²) in [6.45, 7) is 3.95. The molecule has 3 aromatic rings. The molecule has 1 aromatic carbocycles. The molecular weight excluding hydrogens is 272 g/mol. The van der Waals surface area contributed by atoms with Gasteiger partial charge in [-0.1, -0.05) is 6.92 Å². The van der Waals surface area contributed by atoms with Gasteiger partial charge in [-0.15, -0.1) is 0 Å². The molecule has 0 radical (unpaired) electrons. The van der Waals surface area contributed by atoms with Gasteiger partial charge in [-0.2, -0.15) is 0 Å². The highest BCUT2D eigenvalue weighted by atomic mass is 32.2. The van der Waals surface area contributed by atoms with E-state index in [1.165, 1.54) is 11.8 Å². The van der Waals surface area contributed by atoms with E-state index >= 15 is 0 Å². The summed E-state index contributed by atoms with van der Waals surface area (Å²) in [4.78, 5) is 13.2. The lowest BCUT2D eigenvalue weighted by Gasteiger charge is -2.01. The first-order chi connectivity index (χ1) is 9.64. The van der Waals surface area contributed by atoms with Gasteiger partial charge in [0.05, 0.1) is 0 Å². The van der Waals surface area contributed by atoms with E-state index in [1.807, 2.05) is 25.1 Å². The third kappa shape index (κ3) is 2.60. The smallest absolute Gasteiger partial charge is 0.263 e. The highest BCUT2D eigenvalue weighted by Crippen LogP contribution is 2.29. The fourth-order valence-electron chi connectivity index (χ4n) is 1.89. The molecule has 6 heteroatoms.